The third-order valence-corrected chi connectivity index (χ3v) is 11.1. The summed E-state index contributed by atoms with van der Waals surface area (Å²) in [4.78, 5) is 0. The summed E-state index contributed by atoms with van der Waals surface area (Å²) in [5.41, 5.74) is 0.487. The van der Waals surface area contributed by atoms with Gasteiger partial charge in [-0.05, 0) is 55.8 Å². The average molecular weight is 457 g/mol. The SMILES string of the molecule is CC1[B]COC2(CCC3C4CC=C5CC6(CCC5(C)C4C(O)(C(C)C)CC32C)OCCO6)O1. The highest BCUT2D eigenvalue weighted by molar-refractivity contribution is 6.37. The van der Waals surface area contributed by atoms with Crippen LogP contribution in [0.1, 0.15) is 79.6 Å². The minimum Gasteiger partial charge on any atom is -0.389 e. The third-order valence-electron chi connectivity index (χ3n) is 11.1. The van der Waals surface area contributed by atoms with Crippen molar-refractivity contribution in [1.29, 1.82) is 0 Å². The van der Waals surface area contributed by atoms with Crippen LogP contribution in [0.5, 0.6) is 0 Å². The van der Waals surface area contributed by atoms with Gasteiger partial charge in [-0.1, -0.05) is 39.3 Å². The molecule has 0 aromatic carbocycles. The molecule has 0 aromatic heterocycles. The zero-order chi connectivity index (χ0) is 23.3. The van der Waals surface area contributed by atoms with Crippen LogP contribution < -0.4 is 0 Å². The smallest absolute Gasteiger partial charge is 0.183 e. The van der Waals surface area contributed by atoms with E-state index in [4.69, 9.17) is 18.9 Å². The lowest BCUT2D eigenvalue weighted by molar-refractivity contribution is -0.330. The van der Waals surface area contributed by atoms with Crippen LogP contribution in [0.2, 0.25) is 0 Å². The van der Waals surface area contributed by atoms with E-state index >= 15 is 0 Å². The molecule has 6 rings (SSSR count). The molecule has 8 atom stereocenters. The Morgan fingerprint density at radius 1 is 1.09 bits per heavy atom. The van der Waals surface area contributed by atoms with Gasteiger partial charge in [0.05, 0.1) is 18.8 Å². The first kappa shape index (κ1) is 23.0. The summed E-state index contributed by atoms with van der Waals surface area (Å²) in [7, 11) is 2.11. The first-order chi connectivity index (χ1) is 15.6. The lowest BCUT2D eigenvalue weighted by Gasteiger charge is -2.66. The number of allylic oxidation sites excluding steroid dienone is 1. The van der Waals surface area contributed by atoms with Gasteiger partial charge in [0.2, 0.25) is 0 Å². The van der Waals surface area contributed by atoms with E-state index in [0.29, 0.717) is 31.6 Å². The molecule has 5 nitrogen and oxygen atoms in total. The second-order valence-electron chi connectivity index (χ2n) is 12.8. The fourth-order valence-corrected chi connectivity index (χ4v) is 9.38. The number of rotatable bonds is 1. The van der Waals surface area contributed by atoms with Gasteiger partial charge in [0.25, 0.3) is 0 Å². The summed E-state index contributed by atoms with van der Waals surface area (Å²) in [5, 5.41) is 12.7. The van der Waals surface area contributed by atoms with E-state index in [1.807, 2.05) is 0 Å². The molecular weight excluding hydrogens is 415 g/mol. The van der Waals surface area contributed by atoms with Crippen molar-refractivity contribution in [3.63, 3.8) is 0 Å². The fraction of sp³-hybridized carbons (Fsp3) is 0.926. The molecule has 4 aliphatic carbocycles. The molecule has 2 spiro atoms. The molecule has 3 saturated carbocycles. The summed E-state index contributed by atoms with van der Waals surface area (Å²) in [6.45, 7) is 13.4. The number of ether oxygens (including phenoxy) is 4. The Morgan fingerprint density at radius 2 is 1.85 bits per heavy atom. The number of hydrogen-bond donors (Lipinski definition) is 1. The Morgan fingerprint density at radius 3 is 2.55 bits per heavy atom. The Balaban J connectivity index is 1.42. The number of hydrogen-bond acceptors (Lipinski definition) is 5. The average Bonchev–Trinajstić information content (AvgIpc) is 3.31. The molecule has 33 heavy (non-hydrogen) atoms. The minimum absolute atomic E-state index is 0.0189. The monoisotopic (exact) mass is 457 g/mol. The van der Waals surface area contributed by atoms with Gasteiger partial charge < -0.3 is 24.1 Å². The number of fused-ring (bicyclic) bond motifs is 6. The van der Waals surface area contributed by atoms with Crippen molar-refractivity contribution < 1.29 is 24.1 Å². The molecule has 0 amide bonds. The summed E-state index contributed by atoms with van der Waals surface area (Å²) < 4.78 is 25.3. The molecule has 183 valence electrons. The molecule has 8 unspecified atom stereocenters. The molecule has 0 bridgehead atoms. The summed E-state index contributed by atoms with van der Waals surface area (Å²) >= 11 is 0. The molecule has 5 fully saturated rings. The molecule has 1 radical (unpaired) electrons. The van der Waals surface area contributed by atoms with E-state index in [1.54, 1.807) is 0 Å². The van der Waals surface area contributed by atoms with Crippen molar-refractivity contribution in [3.8, 4) is 0 Å². The number of aliphatic hydroxyl groups is 1. The summed E-state index contributed by atoms with van der Waals surface area (Å²) in [6, 6.07) is 0.0931. The standard InChI is InChI=1S/C27H42BO5/c1-17(2)26(29)15-24(5)21(8-9-27(24)32-16-28-18(3)33-27)20-7-6-19-14-25(30-12-13-31-25)11-10-23(19,4)22(20)26/h6,17-18,20-22,29H,7-16H2,1-5H3. The second kappa shape index (κ2) is 7.32. The highest BCUT2D eigenvalue weighted by atomic mass is 16.7. The van der Waals surface area contributed by atoms with Crippen molar-refractivity contribution in [2.24, 2.45) is 34.5 Å². The molecule has 6 aliphatic rings. The van der Waals surface area contributed by atoms with Crippen LogP contribution in [-0.2, 0) is 18.9 Å². The first-order valence-electron chi connectivity index (χ1n) is 13.4. The minimum atomic E-state index is -0.763. The third kappa shape index (κ3) is 2.97. The summed E-state index contributed by atoms with van der Waals surface area (Å²) in [5.74, 6) is 0.342. The van der Waals surface area contributed by atoms with Gasteiger partial charge in [0.15, 0.2) is 18.9 Å². The van der Waals surface area contributed by atoms with Gasteiger partial charge in [-0.2, -0.15) is 0 Å². The predicted octanol–water partition coefficient (Wildman–Crippen LogP) is 4.44. The highest BCUT2D eigenvalue weighted by Gasteiger charge is 2.72. The van der Waals surface area contributed by atoms with E-state index in [1.165, 1.54) is 5.57 Å². The Kier molecular flexibility index (Phi) is 5.11. The highest BCUT2D eigenvalue weighted by Crippen LogP contribution is 2.72. The van der Waals surface area contributed by atoms with Crippen LogP contribution >= 0.6 is 0 Å². The Bertz CT molecular complexity index is 838. The van der Waals surface area contributed by atoms with Crippen molar-refractivity contribution in [3.05, 3.63) is 11.6 Å². The maximum Gasteiger partial charge on any atom is 0.183 e. The second-order valence-corrected chi connectivity index (χ2v) is 12.8. The van der Waals surface area contributed by atoms with Gasteiger partial charge >= 0.3 is 0 Å². The molecule has 2 heterocycles. The molecular formula is C27H42BO5. The maximum absolute atomic E-state index is 12.7. The summed E-state index contributed by atoms with van der Waals surface area (Å²) in [6.07, 6.45) is 9.12. The molecule has 0 aromatic rings. The Labute approximate surface area is 200 Å². The van der Waals surface area contributed by atoms with Crippen LogP contribution in [0.25, 0.3) is 0 Å². The van der Waals surface area contributed by atoms with Crippen molar-refractivity contribution in [2.75, 3.05) is 19.7 Å². The van der Waals surface area contributed by atoms with Gasteiger partial charge in [0, 0.05) is 43.1 Å². The van der Waals surface area contributed by atoms with Gasteiger partial charge in [-0.3, -0.25) is 0 Å². The fourth-order valence-electron chi connectivity index (χ4n) is 9.38. The van der Waals surface area contributed by atoms with Crippen LogP contribution in [0.4, 0.5) is 0 Å². The predicted molar refractivity (Wildman–Crippen MR) is 126 cm³/mol. The van der Waals surface area contributed by atoms with Gasteiger partial charge in [-0.15, -0.1) is 0 Å². The maximum atomic E-state index is 12.7. The molecule has 2 aliphatic heterocycles. The van der Waals surface area contributed by atoms with E-state index in [2.05, 4.69) is 48.0 Å². The lowest BCUT2D eigenvalue weighted by Crippen LogP contribution is -2.68. The van der Waals surface area contributed by atoms with Gasteiger partial charge in [-0.25, -0.2) is 0 Å². The van der Waals surface area contributed by atoms with E-state index in [9.17, 15) is 5.11 Å². The van der Waals surface area contributed by atoms with E-state index in [0.717, 1.165) is 44.9 Å². The topological polar surface area (TPSA) is 57.2 Å². The molecule has 2 saturated heterocycles. The zero-order valence-corrected chi connectivity index (χ0v) is 21.2. The largest absolute Gasteiger partial charge is 0.389 e. The van der Waals surface area contributed by atoms with E-state index < -0.39 is 17.2 Å². The van der Waals surface area contributed by atoms with Crippen molar-refractivity contribution in [1.82, 2.24) is 0 Å². The normalized spacial score (nSPS) is 52.9. The van der Waals surface area contributed by atoms with Crippen LogP contribution in [0.15, 0.2) is 11.6 Å². The lowest BCUT2D eigenvalue weighted by atomic mass is 9.41. The first-order valence-corrected chi connectivity index (χ1v) is 13.4. The van der Waals surface area contributed by atoms with Crippen LogP contribution in [-0.4, -0.2) is 55.3 Å². The molecule has 6 heteroatoms. The molecule has 1 N–H and O–H groups in total. The van der Waals surface area contributed by atoms with Gasteiger partial charge in [0.1, 0.15) is 0 Å². The van der Waals surface area contributed by atoms with Crippen molar-refractivity contribution in [2.45, 2.75) is 103 Å². The zero-order valence-electron chi connectivity index (χ0n) is 21.2. The van der Waals surface area contributed by atoms with Crippen molar-refractivity contribution >= 4 is 7.28 Å². The Hall–Kier alpha value is -0.395. The van der Waals surface area contributed by atoms with Crippen LogP contribution in [0.3, 0.4) is 0 Å². The van der Waals surface area contributed by atoms with Crippen LogP contribution in [0, 0.1) is 34.5 Å². The quantitative estimate of drug-likeness (QED) is 0.466. The van der Waals surface area contributed by atoms with E-state index in [-0.39, 0.29) is 28.7 Å².